The first-order valence-corrected chi connectivity index (χ1v) is 9.30. The molecule has 1 fully saturated rings. The monoisotopic (exact) mass is 419 g/mol. The molecule has 3 rings (SSSR count). The second-order valence-electron chi connectivity index (χ2n) is 6.59. The van der Waals surface area contributed by atoms with Crippen LogP contribution in [0.25, 0.3) is 5.69 Å². The summed E-state index contributed by atoms with van der Waals surface area (Å²) in [5.41, 5.74) is 0.0562. The van der Waals surface area contributed by atoms with Crippen LogP contribution in [0.15, 0.2) is 29.1 Å². The summed E-state index contributed by atoms with van der Waals surface area (Å²) in [4.78, 5) is 17.3. The van der Waals surface area contributed by atoms with E-state index in [1.54, 1.807) is 31.3 Å². The summed E-state index contributed by atoms with van der Waals surface area (Å²) in [7, 11) is 1.59. The molecular weight excluding hydrogens is 402 g/mol. The van der Waals surface area contributed by atoms with Gasteiger partial charge in [-0.15, -0.1) is 0 Å². The lowest BCUT2D eigenvalue weighted by atomic mass is 9.81. The maximum absolute atomic E-state index is 13.0. The summed E-state index contributed by atoms with van der Waals surface area (Å²) in [6.45, 7) is 0. The van der Waals surface area contributed by atoms with Crippen LogP contribution in [0, 0.1) is 5.92 Å². The number of anilines is 1. The minimum Gasteiger partial charge on any atom is -0.372 e. The van der Waals surface area contributed by atoms with Gasteiger partial charge in [-0.05, 0) is 49.9 Å². The molecule has 0 aliphatic heterocycles. The Morgan fingerprint density at radius 1 is 1.11 bits per heavy atom. The van der Waals surface area contributed by atoms with Crippen molar-refractivity contribution in [1.29, 1.82) is 0 Å². The van der Waals surface area contributed by atoms with Crippen molar-refractivity contribution in [2.24, 2.45) is 5.92 Å². The lowest BCUT2D eigenvalue weighted by Gasteiger charge is -2.30. The number of hydrogen-bond donors (Lipinski definition) is 1. The summed E-state index contributed by atoms with van der Waals surface area (Å²) in [5, 5.41) is 3.21. The molecule has 1 aromatic heterocycles. The molecule has 0 atom stereocenters. The van der Waals surface area contributed by atoms with Crippen LogP contribution in [0.3, 0.4) is 0 Å². The van der Waals surface area contributed by atoms with Crippen LogP contribution in [-0.2, 0) is 0 Å². The molecule has 146 valence electrons. The van der Waals surface area contributed by atoms with Gasteiger partial charge in [0, 0.05) is 18.0 Å². The second-order valence-corrected chi connectivity index (χ2v) is 7.40. The number of hydrogen-bond acceptors (Lipinski definition) is 3. The number of benzene rings is 1. The fourth-order valence-electron chi connectivity index (χ4n) is 3.48. The first kappa shape index (κ1) is 20.0. The highest BCUT2D eigenvalue weighted by Crippen LogP contribution is 2.43. The average Bonchev–Trinajstić information content (AvgIpc) is 2.64. The number of nitrogens with one attached hydrogen (secondary N) is 1. The van der Waals surface area contributed by atoms with E-state index in [1.807, 2.05) is 0 Å². The van der Waals surface area contributed by atoms with Crippen molar-refractivity contribution in [3.8, 4) is 5.69 Å². The number of alkyl halides is 3. The summed E-state index contributed by atoms with van der Waals surface area (Å²) < 4.78 is 40.3. The van der Waals surface area contributed by atoms with E-state index in [4.69, 9.17) is 23.2 Å². The quantitative estimate of drug-likeness (QED) is 0.722. The van der Waals surface area contributed by atoms with Gasteiger partial charge < -0.3 is 5.32 Å². The normalized spacial score (nSPS) is 20.5. The molecule has 0 saturated heterocycles. The Bertz CT molecular complexity index is 873. The van der Waals surface area contributed by atoms with Gasteiger partial charge in [-0.2, -0.15) is 13.2 Å². The Morgan fingerprint density at radius 2 is 1.70 bits per heavy atom. The minimum atomic E-state index is -4.19. The molecule has 9 heteroatoms. The number of nitrogens with zero attached hydrogens (tertiary/aromatic N) is 2. The Hall–Kier alpha value is -1.73. The first-order chi connectivity index (χ1) is 12.7. The highest BCUT2D eigenvalue weighted by atomic mass is 35.5. The zero-order valence-corrected chi connectivity index (χ0v) is 16.0. The van der Waals surface area contributed by atoms with Crippen molar-refractivity contribution in [3.63, 3.8) is 0 Å². The molecule has 0 spiro atoms. The van der Waals surface area contributed by atoms with Crippen molar-refractivity contribution in [3.05, 3.63) is 50.5 Å². The Balaban J connectivity index is 2.05. The van der Waals surface area contributed by atoms with Gasteiger partial charge in [-0.1, -0.05) is 23.2 Å². The van der Waals surface area contributed by atoms with Crippen LogP contribution in [0.1, 0.15) is 37.4 Å². The third kappa shape index (κ3) is 4.09. The van der Waals surface area contributed by atoms with Gasteiger partial charge in [0.15, 0.2) is 5.82 Å². The lowest BCUT2D eigenvalue weighted by molar-refractivity contribution is -0.182. The van der Waals surface area contributed by atoms with Gasteiger partial charge >= 0.3 is 6.18 Å². The molecule has 1 aromatic carbocycles. The Morgan fingerprint density at radius 3 is 2.22 bits per heavy atom. The van der Waals surface area contributed by atoms with Gasteiger partial charge in [-0.3, -0.25) is 9.36 Å². The highest BCUT2D eigenvalue weighted by molar-refractivity contribution is 6.32. The van der Waals surface area contributed by atoms with E-state index < -0.39 is 17.7 Å². The van der Waals surface area contributed by atoms with Gasteiger partial charge in [0.1, 0.15) is 10.8 Å². The SMILES string of the molecule is CNc1nc([C@H]2CC[C@H](C(F)(F)F)CC2)n(-c2ccc(Cl)cc2)c(=O)c1Cl. The van der Waals surface area contributed by atoms with E-state index >= 15 is 0 Å². The summed E-state index contributed by atoms with van der Waals surface area (Å²) in [6.07, 6.45) is -3.56. The molecule has 0 bridgehead atoms. The van der Waals surface area contributed by atoms with Crippen molar-refractivity contribution < 1.29 is 13.2 Å². The molecule has 0 unspecified atom stereocenters. The third-order valence-corrected chi connectivity index (χ3v) is 5.52. The molecule has 1 aliphatic rings. The van der Waals surface area contributed by atoms with Crippen molar-refractivity contribution in [2.75, 3.05) is 12.4 Å². The van der Waals surface area contributed by atoms with E-state index in [9.17, 15) is 18.0 Å². The van der Waals surface area contributed by atoms with Crippen LogP contribution in [-0.4, -0.2) is 22.8 Å². The van der Waals surface area contributed by atoms with E-state index in [-0.39, 0.29) is 29.6 Å². The molecule has 0 amide bonds. The Labute approximate surface area is 164 Å². The summed E-state index contributed by atoms with van der Waals surface area (Å²) in [6, 6.07) is 6.58. The molecule has 1 saturated carbocycles. The predicted molar refractivity (Wildman–Crippen MR) is 100 cm³/mol. The fourth-order valence-corrected chi connectivity index (χ4v) is 3.82. The summed E-state index contributed by atoms with van der Waals surface area (Å²) >= 11 is 12.1. The van der Waals surface area contributed by atoms with Crippen molar-refractivity contribution >= 4 is 29.0 Å². The lowest BCUT2D eigenvalue weighted by Crippen LogP contribution is -2.31. The number of halogens is 5. The van der Waals surface area contributed by atoms with Crippen molar-refractivity contribution in [2.45, 2.75) is 37.8 Å². The van der Waals surface area contributed by atoms with E-state index in [1.165, 1.54) is 4.57 Å². The smallest absolute Gasteiger partial charge is 0.372 e. The van der Waals surface area contributed by atoms with E-state index in [0.29, 0.717) is 29.4 Å². The topological polar surface area (TPSA) is 46.9 Å². The van der Waals surface area contributed by atoms with Crippen LogP contribution < -0.4 is 10.9 Å². The maximum Gasteiger partial charge on any atom is 0.391 e. The molecule has 1 N–H and O–H groups in total. The average molecular weight is 420 g/mol. The van der Waals surface area contributed by atoms with Gasteiger partial charge in [0.05, 0.1) is 11.6 Å². The Kier molecular flexibility index (Phi) is 5.72. The molecule has 1 aliphatic carbocycles. The zero-order valence-electron chi connectivity index (χ0n) is 14.5. The molecular formula is C18H18Cl2F3N3O. The second kappa shape index (κ2) is 7.72. The zero-order chi connectivity index (χ0) is 19.8. The van der Waals surface area contributed by atoms with Gasteiger partial charge in [0.2, 0.25) is 0 Å². The van der Waals surface area contributed by atoms with E-state index in [2.05, 4.69) is 10.3 Å². The van der Waals surface area contributed by atoms with Crippen molar-refractivity contribution in [1.82, 2.24) is 9.55 Å². The van der Waals surface area contributed by atoms with Crippen LogP contribution in [0.2, 0.25) is 10.0 Å². The standard InChI is InChI=1S/C18H18Cl2F3N3O/c1-24-15-14(20)17(27)26(13-8-6-12(19)7-9-13)16(25-15)10-2-4-11(5-3-10)18(21,22)23/h6-11,24H,2-5H2,1H3/t10-,11-. The van der Waals surface area contributed by atoms with E-state index in [0.717, 1.165) is 0 Å². The predicted octanol–water partition coefficient (Wildman–Crippen LogP) is 5.42. The van der Waals surface area contributed by atoms with Crippen LogP contribution in [0.5, 0.6) is 0 Å². The maximum atomic E-state index is 13.0. The molecule has 4 nitrogen and oxygen atoms in total. The van der Waals surface area contributed by atoms with Crippen LogP contribution in [0.4, 0.5) is 19.0 Å². The molecule has 0 radical (unpaired) electrons. The number of rotatable bonds is 3. The molecule has 2 aromatic rings. The first-order valence-electron chi connectivity index (χ1n) is 8.55. The number of aromatic nitrogens is 2. The minimum absolute atomic E-state index is 0.0160. The molecule has 1 heterocycles. The fraction of sp³-hybridized carbons (Fsp3) is 0.444. The van der Waals surface area contributed by atoms with Gasteiger partial charge in [-0.25, -0.2) is 4.98 Å². The van der Waals surface area contributed by atoms with Gasteiger partial charge in [0.25, 0.3) is 5.56 Å². The largest absolute Gasteiger partial charge is 0.391 e. The molecule has 27 heavy (non-hydrogen) atoms. The highest BCUT2D eigenvalue weighted by Gasteiger charge is 2.42. The third-order valence-electron chi connectivity index (χ3n) is 4.93. The van der Waals surface area contributed by atoms with Crippen LogP contribution >= 0.6 is 23.2 Å². The summed E-state index contributed by atoms with van der Waals surface area (Å²) in [5.74, 6) is -0.937.